The number of ether oxygens (including phenoxy) is 3. The van der Waals surface area contributed by atoms with E-state index in [1.807, 2.05) is 4.90 Å². The molecule has 0 bridgehead atoms. The van der Waals surface area contributed by atoms with Crippen LogP contribution in [0.25, 0.3) is 11.1 Å². The van der Waals surface area contributed by atoms with E-state index in [2.05, 4.69) is 10.1 Å². The Hall–Kier alpha value is -3.45. The zero-order valence-electron chi connectivity index (χ0n) is 22.3. The van der Waals surface area contributed by atoms with Crippen LogP contribution < -0.4 is 10.1 Å². The topological polar surface area (TPSA) is 94.2 Å². The van der Waals surface area contributed by atoms with Gasteiger partial charge in [0.2, 0.25) is 0 Å². The molecule has 0 fully saturated rings. The van der Waals surface area contributed by atoms with Gasteiger partial charge in [-0.05, 0) is 53.6 Å². The van der Waals surface area contributed by atoms with Gasteiger partial charge in [0.1, 0.15) is 5.75 Å². The van der Waals surface area contributed by atoms with Crippen LogP contribution in [-0.2, 0) is 25.9 Å². The third-order valence-electron chi connectivity index (χ3n) is 5.93. The SMILES string of the molecule is COCCN(CCOC)Cc1cc(C(=O)Nc2ccc(S(C)(=O)=O)cc2)ccc1-c1ccccc1OC(F)(F)F. The van der Waals surface area contributed by atoms with Crippen molar-refractivity contribution in [2.45, 2.75) is 17.8 Å². The fourth-order valence-corrected chi connectivity index (χ4v) is 4.60. The standard InChI is InChI=1S/C28H31F3N2O6S/c1-37-16-14-33(15-17-38-2)19-21-18-20(27(34)32-22-9-11-23(12-10-22)40(3,35)36)8-13-24(21)25-6-4-5-7-26(25)39-28(29,30)31/h4-13,18H,14-17,19H2,1-3H3,(H,32,34). The van der Waals surface area contributed by atoms with E-state index in [1.165, 1.54) is 48.5 Å². The van der Waals surface area contributed by atoms with E-state index in [9.17, 15) is 26.4 Å². The molecule has 3 aromatic rings. The summed E-state index contributed by atoms with van der Waals surface area (Å²) < 4.78 is 77.6. The minimum Gasteiger partial charge on any atom is -0.405 e. The average Bonchev–Trinajstić information content (AvgIpc) is 2.89. The minimum absolute atomic E-state index is 0.115. The van der Waals surface area contributed by atoms with Crippen LogP contribution in [-0.4, -0.2) is 72.4 Å². The summed E-state index contributed by atoms with van der Waals surface area (Å²) in [6.07, 6.45) is -3.80. The van der Waals surface area contributed by atoms with Gasteiger partial charge in [-0.1, -0.05) is 24.3 Å². The van der Waals surface area contributed by atoms with Crippen LogP contribution in [0, 0.1) is 0 Å². The number of methoxy groups -OCH3 is 2. The first kappa shape index (κ1) is 31.1. The van der Waals surface area contributed by atoms with E-state index < -0.39 is 22.1 Å². The van der Waals surface area contributed by atoms with Gasteiger partial charge in [0.05, 0.1) is 18.1 Å². The number of nitrogens with one attached hydrogen (secondary N) is 1. The fraction of sp³-hybridized carbons (Fsp3) is 0.321. The Balaban J connectivity index is 2.00. The smallest absolute Gasteiger partial charge is 0.405 e. The quantitative estimate of drug-likeness (QED) is 0.304. The van der Waals surface area contributed by atoms with Crippen molar-refractivity contribution < 1.29 is 40.6 Å². The number of para-hydroxylation sites is 1. The number of hydrogen-bond donors (Lipinski definition) is 1. The van der Waals surface area contributed by atoms with Crippen LogP contribution in [0.15, 0.2) is 71.6 Å². The van der Waals surface area contributed by atoms with Gasteiger partial charge in [0.15, 0.2) is 9.84 Å². The van der Waals surface area contributed by atoms with Gasteiger partial charge >= 0.3 is 6.36 Å². The second kappa shape index (κ2) is 13.8. The molecule has 0 unspecified atom stereocenters. The number of hydrogen-bond acceptors (Lipinski definition) is 7. The molecule has 8 nitrogen and oxygen atoms in total. The molecule has 12 heteroatoms. The molecule has 0 saturated carbocycles. The van der Waals surface area contributed by atoms with Crippen molar-refractivity contribution in [3.05, 3.63) is 77.9 Å². The predicted molar refractivity (Wildman–Crippen MR) is 145 cm³/mol. The minimum atomic E-state index is -4.88. The first-order chi connectivity index (χ1) is 18.9. The highest BCUT2D eigenvalue weighted by atomic mass is 32.2. The number of rotatable bonds is 13. The molecule has 0 aliphatic rings. The number of nitrogens with zero attached hydrogens (tertiary/aromatic N) is 1. The summed E-state index contributed by atoms with van der Waals surface area (Å²) in [6, 6.07) is 16.3. The second-order valence-electron chi connectivity index (χ2n) is 8.93. The molecule has 0 atom stereocenters. The van der Waals surface area contributed by atoms with E-state index in [0.29, 0.717) is 43.1 Å². The number of benzene rings is 3. The molecule has 1 N–H and O–H groups in total. The van der Waals surface area contributed by atoms with E-state index >= 15 is 0 Å². The molecule has 0 aromatic heterocycles. The molecule has 1 amide bonds. The van der Waals surface area contributed by atoms with Crippen LogP contribution in [0.3, 0.4) is 0 Å². The van der Waals surface area contributed by atoms with Gasteiger partial charge < -0.3 is 19.5 Å². The summed E-state index contributed by atoms with van der Waals surface area (Å²) >= 11 is 0. The summed E-state index contributed by atoms with van der Waals surface area (Å²) in [5.74, 6) is -0.834. The summed E-state index contributed by atoms with van der Waals surface area (Å²) in [4.78, 5) is 15.2. The maximum Gasteiger partial charge on any atom is 0.573 e. The van der Waals surface area contributed by atoms with Crippen LogP contribution in [0.5, 0.6) is 5.75 Å². The number of anilines is 1. The van der Waals surface area contributed by atoms with E-state index in [4.69, 9.17) is 9.47 Å². The van der Waals surface area contributed by atoms with Crippen LogP contribution in [0.2, 0.25) is 0 Å². The van der Waals surface area contributed by atoms with Gasteiger partial charge in [0, 0.05) is 56.9 Å². The Kier molecular flexibility index (Phi) is 10.7. The highest BCUT2D eigenvalue weighted by Gasteiger charge is 2.32. The van der Waals surface area contributed by atoms with Crippen molar-refractivity contribution in [3.8, 4) is 16.9 Å². The Morgan fingerprint density at radius 1 is 0.900 bits per heavy atom. The van der Waals surface area contributed by atoms with Crippen molar-refractivity contribution in [3.63, 3.8) is 0 Å². The van der Waals surface area contributed by atoms with Crippen molar-refractivity contribution in [2.24, 2.45) is 0 Å². The highest BCUT2D eigenvalue weighted by Crippen LogP contribution is 2.36. The normalized spacial score (nSPS) is 12.0. The van der Waals surface area contributed by atoms with Gasteiger partial charge in [-0.2, -0.15) is 0 Å². The first-order valence-electron chi connectivity index (χ1n) is 12.2. The molecular formula is C28H31F3N2O6S. The molecule has 3 rings (SSSR count). The van der Waals surface area contributed by atoms with Gasteiger partial charge in [-0.15, -0.1) is 13.2 Å². The van der Waals surface area contributed by atoms with Crippen LogP contribution in [0.4, 0.5) is 18.9 Å². The number of alkyl halides is 3. The highest BCUT2D eigenvalue weighted by molar-refractivity contribution is 7.90. The molecule has 40 heavy (non-hydrogen) atoms. The Bertz CT molecular complexity index is 1390. The maximum atomic E-state index is 13.1. The lowest BCUT2D eigenvalue weighted by molar-refractivity contribution is -0.274. The molecule has 3 aromatic carbocycles. The second-order valence-corrected chi connectivity index (χ2v) is 10.9. The number of sulfone groups is 1. The lowest BCUT2D eigenvalue weighted by Crippen LogP contribution is -2.30. The third-order valence-corrected chi connectivity index (χ3v) is 7.06. The summed E-state index contributed by atoms with van der Waals surface area (Å²) in [5.41, 5.74) is 1.92. The Morgan fingerprint density at radius 3 is 2.10 bits per heavy atom. The van der Waals surface area contributed by atoms with E-state index in [1.54, 1.807) is 32.4 Å². The first-order valence-corrected chi connectivity index (χ1v) is 14.1. The molecule has 0 saturated heterocycles. The van der Waals surface area contributed by atoms with Crippen molar-refractivity contribution in [1.82, 2.24) is 4.90 Å². The van der Waals surface area contributed by atoms with E-state index in [0.717, 1.165) is 6.26 Å². The Labute approximate surface area is 231 Å². The largest absolute Gasteiger partial charge is 0.573 e. The molecule has 0 aliphatic heterocycles. The summed E-state index contributed by atoms with van der Waals surface area (Å²) in [6.45, 7) is 2.14. The molecular weight excluding hydrogens is 549 g/mol. The van der Waals surface area contributed by atoms with Crippen LogP contribution >= 0.6 is 0 Å². The average molecular weight is 581 g/mol. The Morgan fingerprint density at radius 2 is 1.52 bits per heavy atom. The lowest BCUT2D eigenvalue weighted by Gasteiger charge is -2.24. The lowest BCUT2D eigenvalue weighted by atomic mass is 9.96. The van der Waals surface area contributed by atoms with Crippen molar-refractivity contribution >= 4 is 21.4 Å². The molecule has 0 spiro atoms. The number of carbonyl (C=O) groups excluding carboxylic acids is 1. The van der Waals surface area contributed by atoms with E-state index in [-0.39, 0.29) is 28.3 Å². The van der Waals surface area contributed by atoms with Crippen LogP contribution in [0.1, 0.15) is 15.9 Å². The predicted octanol–water partition coefficient (Wildman–Crippen LogP) is 5.00. The summed E-state index contributed by atoms with van der Waals surface area (Å²) in [7, 11) is -0.258. The van der Waals surface area contributed by atoms with Gasteiger partial charge in [-0.3, -0.25) is 9.69 Å². The zero-order chi connectivity index (χ0) is 29.3. The van der Waals surface area contributed by atoms with Crippen molar-refractivity contribution in [2.75, 3.05) is 52.1 Å². The molecule has 0 aliphatic carbocycles. The molecule has 216 valence electrons. The fourth-order valence-electron chi connectivity index (χ4n) is 3.97. The van der Waals surface area contributed by atoms with Crippen molar-refractivity contribution in [1.29, 1.82) is 0 Å². The monoisotopic (exact) mass is 580 g/mol. The third kappa shape index (κ3) is 9.05. The molecule has 0 heterocycles. The number of halogens is 3. The zero-order valence-corrected chi connectivity index (χ0v) is 23.1. The number of carbonyl (C=O) groups is 1. The van der Waals surface area contributed by atoms with Gasteiger partial charge in [0.25, 0.3) is 5.91 Å². The van der Waals surface area contributed by atoms with Gasteiger partial charge in [-0.25, -0.2) is 8.42 Å². The number of amides is 1. The molecule has 0 radical (unpaired) electrons. The summed E-state index contributed by atoms with van der Waals surface area (Å²) in [5, 5.41) is 2.73. The maximum absolute atomic E-state index is 13.1.